The van der Waals surface area contributed by atoms with Crippen molar-refractivity contribution in [2.24, 2.45) is 0 Å². The van der Waals surface area contributed by atoms with Gasteiger partial charge in [0.1, 0.15) is 12.1 Å². The van der Waals surface area contributed by atoms with Crippen LogP contribution in [0.4, 0.5) is 10.7 Å². The van der Waals surface area contributed by atoms with E-state index < -0.39 is 5.97 Å². The van der Waals surface area contributed by atoms with Crippen molar-refractivity contribution in [2.45, 2.75) is 25.1 Å². The SMILES string of the molecule is COC(=O)c1nc(N2C[C@@H]3C[C@H]2CN3C(=O)OCc2ccccc2)nc2nc[nH]c12. The fourth-order valence-electron chi connectivity index (χ4n) is 4.13. The summed E-state index contributed by atoms with van der Waals surface area (Å²) in [6.07, 6.45) is 1.96. The highest BCUT2D eigenvalue weighted by Crippen LogP contribution is 2.34. The number of methoxy groups -OCH3 is 1. The molecule has 30 heavy (non-hydrogen) atoms. The number of aromatic amines is 1. The number of fused-ring (bicyclic) bond motifs is 3. The molecule has 0 radical (unpaired) electrons. The number of hydrogen-bond donors (Lipinski definition) is 1. The van der Waals surface area contributed by atoms with Gasteiger partial charge in [-0.1, -0.05) is 30.3 Å². The van der Waals surface area contributed by atoms with E-state index in [4.69, 9.17) is 9.47 Å². The zero-order valence-corrected chi connectivity index (χ0v) is 16.3. The number of aromatic nitrogens is 4. The van der Waals surface area contributed by atoms with Crippen LogP contribution in [0.15, 0.2) is 36.7 Å². The predicted octanol–water partition coefficient (Wildman–Crippen LogP) is 1.74. The number of amides is 1. The first-order valence-electron chi connectivity index (χ1n) is 9.67. The van der Waals surface area contributed by atoms with Crippen LogP contribution in [0.25, 0.3) is 11.2 Å². The van der Waals surface area contributed by atoms with Crippen LogP contribution in [0.2, 0.25) is 0 Å². The average Bonchev–Trinajstić information content (AvgIpc) is 3.52. The number of nitrogens with zero attached hydrogens (tertiary/aromatic N) is 5. The molecular formula is C20H20N6O4. The van der Waals surface area contributed by atoms with Gasteiger partial charge in [0, 0.05) is 13.1 Å². The molecule has 0 spiro atoms. The van der Waals surface area contributed by atoms with E-state index >= 15 is 0 Å². The third-order valence-corrected chi connectivity index (χ3v) is 5.59. The van der Waals surface area contributed by atoms with Crippen molar-refractivity contribution in [2.75, 3.05) is 25.1 Å². The van der Waals surface area contributed by atoms with Crippen molar-refractivity contribution in [1.29, 1.82) is 0 Å². The lowest BCUT2D eigenvalue weighted by Crippen LogP contribution is -2.49. The lowest BCUT2D eigenvalue weighted by Gasteiger charge is -2.33. The summed E-state index contributed by atoms with van der Waals surface area (Å²) in [4.78, 5) is 44.4. The summed E-state index contributed by atoms with van der Waals surface area (Å²) >= 11 is 0. The molecule has 1 amide bonds. The minimum Gasteiger partial charge on any atom is -0.464 e. The van der Waals surface area contributed by atoms with E-state index in [1.54, 1.807) is 4.90 Å². The first kappa shape index (κ1) is 18.3. The van der Waals surface area contributed by atoms with Crippen molar-refractivity contribution in [1.82, 2.24) is 24.8 Å². The predicted molar refractivity (Wildman–Crippen MR) is 106 cm³/mol. The smallest absolute Gasteiger partial charge is 0.410 e. The van der Waals surface area contributed by atoms with Gasteiger partial charge in [-0.25, -0.2) is 19.6 Å². The molecule has 2 atom stereocenters. The van der Waals surface area contributed by atoms with Crippen LogP contribution in [-0.2, 0) is 16.1 Å². The van der Waals surface area contributed by atoms with E-state index in [0.717, 1.165) is 12.0 Å². The van der Waals surface area contributed by atoms with Gasteiger partial charge in [0.2, 0.25) is 5.95 Å². The van der Waals surface area contributed by atoms with Crippen molar-refractivity contribution in [3.05, 3.63) is 47.9 Å². The van der Waals surface area contributed by atoms with Gasteiger partial charge in [0.25, 0.3) is 0 Å². The number of rotatable bonds is 4. The molecule has 1 N–H and O–H groups in total. The number of ether oxygens (including phenoxy) is 2. The Bertz CT molecular complexity index is 1100. The Balaban J connectivity index is 1.30. The number of imidazole rings is 1. The lowest BCUT2D eigenvalue weighted by atomic mass is 10.2. The summed E-state index contributed by atoms with van der Waals surface area (Å²) in [6, 6.07) is 9.67. The monoisotopic (exact) mass is 408 g/mol. The van der Waals surface area contributed by atoms with E-state index in [2.05, 4.69) is 19.9 Å². The van der Waals surface area contributed by atoms with E-state index in [1.165, 1.54) is 13.4 Å². The number of carbonyl (C=O) groups excluding carboxylic acids is 2. The third-order valence-electron chi connectivity index (χ3n) is 5.59. The number of hydrogen-bond acceptors (Lipinski definition) is 8. The van der Waals surface area contributed by atoms with E-state index in [1.807, 2.05) is 35.2 Å². The lowest BCUT2D eigenvalue weighted by molar-refractivity contribution is 0.0596. The Labute approximate surface area is 171 Å². The first-order valence-corrected chi connectivity index (χ1v) is 9.67. The average molecular weight is 408 g/mol. The molecule has 2 aliphatic rings. The fraction of sp³-hybridized carbons (Fsp3) is 0.350. The molecule has 10 heteroatoms. The van der Waals surface area contributed by atoms with Gasteiger partial charge in [-0.2, -0.15) is 4.98 Å². The molecule has 0 saturated carbocycles. The van der Waals surface area contributed by atoms with E-state index in [0.29, 0.717) is 30.2 Å². The number of esters is 1. The summed E-state index contributed by atoms with van der Waals surface area (Å²) in [7, 11) is 1.31. The van der Waals surface area contributed by atoms with E-state index in [-0.39, 0.29) is 30.5 Å². The molecule has 5 rings (SSSR count). The molecule has 0 aliphatic carbocycles. The molecular weight excluding hydrogens is 388 g/mol. The minimum absolute atomic E-state index is 0.0123. The zero-order chi connectivity index (χ0) is 20.7. The standard InChI is InChI=1S/C20H20N6O4/c1-29-18(27)16-15-17(22-11-21-15)24-19(23-16)25-8-14-7-13(25)9-26(14)20(28)30-10-12-5-3-2-4-6-12/h2-6,11,13-14H,7-10H2,1H3,(H,21,22,23,24)/t13-,14-/m0/s1. The number of benzene rings is 1. The van der Waals surface area contributed by atoms with Gasteiger partial charge < -0.3 is 24.3 Å². The Morgan fingerprint density at radius 2 is 2.00 bits per heavy atom. The van der Waals surface area contributed by atoms with Crippen LogP contribution in [0, 0.1) is 0 Å². The number of anilines is 1. The van der Waals surface area contributed by atoms with Crippen LogP contribution in [0.3, 0.4) is 0 Å². The summed E-state index contributed by atoms with van der Waals surface area (Å²) in [6.45, 7) is 1.34. The van der Waals surface area contributed by atoms with Gasteiger partial charge >= 0.3 is 12.1 Å². The van der Waals surface area contributed by atoms with Crippen LogP contribution in [-0.4, -0.2) is 69.2 Å². The van der Waals surface area contributed by atoms with E-state index in [9.17, 15) is 9.59 Å². The maximum Gasteiger partial charge on any atom is 0.410 e. The minimum atomic E-state index is -0.552. The molecule has 1 aromatic carbocycles. The van der Waals surface area contributed by atoms with Gasteiger partial charge in [0.05, 0.1) is 25.5 Å². The summed E-state index contributed by atoms with van der Waals surface area (Å²) in [5.41, 5.74) is 1.95. The normalized spacial score (nSPS) is 20.0. The van der Waals surface area contributed by atoms with Gasteiger partial charge in [-0.3, -0.25) is 0 Å². The molecule has 10 nitrogen and oxygen atoms in total. The molecule has 0 unspecified atom stereocenters. The first-order chi connectivity index (χ1) is 14.6. The van der Waals surface area contributed by atoms with Gasteiger partial charge in [-0.05, 0) is 12.0 Å². The van der Waals surface area contributed by atoms with Crippen LogP contribution >= 0.6 is 0 Å². The number of carbonyl (C=O) groups is 2. The van der Waals surface area contributed by atoms with Crippen LogP contribution in [0.5, 0.6) is 0 Å². The highest BCUT2D eigenvalue weighted by atomic mass is 16.6. The summed E-state index contributed by atoms with van der Waals surface area (Å²) < 4.78 is 10.3. The fourth-order valence-corrected chi connectivity index (χ4v) is 4.13. The maximum atomic E-state index is 12.6. The molecule has 2 saturated heterocycles. The van der Waals surface area contributed by atoms with Crippen molar-refractivity contribution < 1.29 is 19.1 Å². The largest absolute Gasteiger partial charge is 0.464 e. The molecule has 154 valence electrons. The number of likely N-dealkylation sites (tertiary alicyclic amines) is 1. The second-order valence-corrected chi connectivity index (χ2v) is 7.35. The Hall–Kier alpha value is -3.69. The second-order valence-electron chi connectivity index (χ2n) is 7.35. The van der Waals surface area contributed by atoms with Crippen molar-refractivity contribution >= 4 is 29.2 Å². The number of nitrogens with one attached hydrogen (secondary N) is 1. The molecule has 3 aromatic rings. The maximum absolute atomic E-state index is 12.6. The highest BCUT2D eigenvalue weighted by molar-refractivity contribution is 5.99. The number of piperazine rings is 1. The Morgan fingerprint density at radius 1 is 1.17 bits per heavy atom. The van der Waals surface area contributed by atoms with Crippen LogP contribution in [0.1, 0.15) is 22.5 Å². The number of H-pyrrole nitrogens is 1. The van der Waals surface area contributed by atoms with Crippen molar-refractivity contribution in [3.63, 3.8) is 0 Å². The van der Waals surface area contributed by atoms with Crippen LogP contribution < -0.4 is 4.90 Å². The van der Waals surface area contributed by atoms with Gasteiger partial charge in [0.15, 0.2) is 11.3 Å². The summed E-state index contributed by atoms with van der Waals surface area (Å²) in [5, 5.41) is 0. The van der Waals surface area contributed by atoms with Crippen molar-refractivity contribution in [3.8, 4) is 0 Å². The second kappa shape index (κ2) is 7.29. The Kier molecular flexibility index (Phi) is 4.46. The molecule has 4 heterocycles. The molecule has 2 fully saturated rings. The third kappa shape index (κ3) is 3.10. The molecule has 2 bridgehead atoms. The summed E-state index contributed by atoms with van der Waals surface area (Å²) in [5.74, 6) is -0.136. The topological polar surface area (TPSA) is 114 Å². The van der Waals surface area contributed by atoms with Gasteiger partial charge in [-0.15, -0.1) is 0 Å². The zero-order valence-electron chi connectivity index (χ0n) is 16.3. The quantitative estimate of drug-likeness (QED) is 0.650. The molecule has 2 aliphatic heterocycles. The molecule has 2 aromatic heterocycles. The Morgan fingerprint density at radius 3 is 2.73 bits per heavy atom. The highest BCUT2D eigenvalue weighted by Gasteiger charge is 2.47.